The first-order valence-electron chi connectivity index (χ1n) is 13.0. The molecule has 8 heteroatoms. The Balaban J connectivity index is 1.45. The first-order valence-corrected chi connectivity index (χ1v) is 14.5. The predicted molar refractivity (Wildman–Crippen MR) is 157 cm³/mol. The van der Waals surface area contributed by atoms with Crippen LogP contribution in [-0.2, 0) is 22.4 Å². The van der Waals surface area contributed by atoms with E-state index in [1.54, 1.807) is 11.8 Å². The maximum Gasteiger partial charge on any atom is 0.247 e. The lowest BCUT2D eigenvalue weighted by Gasteiger charge is -2.34. The van der Waals surface area contributed by atoms with Crippen molar-refractivity contribution in [3.8, 4) is 0 Å². The molecule has 0 aromatic heterocycles. The van der Waals surface area contributed by atoms with Gasteiger partial charge in [-0.3, -0.25) is 9.59 Å². The number of hydrogen-bond donors (Lipinski definition) is 3. The van der Waals surface area contributed by atoms with Gasteiger partial charge >= 0.3 is 0 Å². The molecule has 0 bridgehead atoms. The first-order chi connectivity index (χ1) is 17.7. The number of fused-ring (bicyclic) bond motifs is 1. The van der Waals surface area contributed by atoms with Crippen molar-refractivity contribution in [2.24, 2.45) is 5.41 Å². The molecule has 198 valence electrons. The van der Waals surface area contributed by atoms with Gasteiger partial charge in [-0.1, -0.05) is 68.5 Å². The van der Waals surface area contributed by atoms with Crippen LogP contribution in [0.3, 0.4) is 0 Å². The second kappa shape index (κ2) is 12.0. The topological polar surface area (TPSA) is 73.5 Å². The molecule has 3 N–H and O–H groups in total. The molecule has 0 radical (unpaired) electrons. The Hall–Kier alpha value is -2.42. The Morgan fingerprint density at radius 1 is 1.11 bits per heavy atom. The standard InChI is InChI=1S/C29H38N4O2S2/c1-19(30-4)27(36)32-23-16-17-37-24-18-29(2,3)25(33(24)28(23)35)26(34)31-22-14-12-21(13-15-22)11-10-20-8-6-5-7-9-20/h5-9,12-15,19,23-25,30H,10-11,16-18H2,1-4H3,(H,31,34)(H,32,36)/t19-,23-,24?,25+/m0/s1. The van der Waals surface area contributed by atoms with Gasteiger partial charge in [0.15, 0.2) is 0 Å². The first kappa shape index (κ1) is 27.6. The molecule has 4 rings (SSSR count). The van der Waals surface area contributed by atoms with Gasteiger partial charge in [0.1, 0.15) is 12.1 Å². The lowest BCUT2D eigenvalue weighted by Crippen LogP contribution is -2.56. The van der Waals surface area contributed by atoms with Crippen LogP contribution in [0.4, 0.5) is 5.69 Å². The minimum Gasteiger partial charge on any atom is -0.367 e. The van der Waals surface area contributed by atoms with Crippen molar-refractivity contribution >= 4 is 46.5 Å². The maximum absolute atomic E-state index is 13.8. The molecule has 2 aliphatic heterocycles. The highest BCUT2D eigenvalue weighted by Crippen LogP contribution is 2.46. The minimum absolute atomic E-state index is 0.0132. The largest absolute Gasteiger partial charge is 0.367 e. The van der Waals surface area contributed by atoms with E-state index in [0.717, 1.165) is 30.7 Å². The molecule has 0 saturated carbocycles. The van der Waals surface area contributed by atoms with E-state index in [-0.39, 0.29) is 28.6 Å². The summed E-state index contributed by atoms with van der Waals surface area (Å²) in [5.74, 6) is 0.670. The third-order valence-corrected chi connectivity index (χ3v) is 9.18. The number of aryl methyl sites for hydroxylation is 2. The summed E-state index contributed by atoms with van der Waals surface area (Å²) in [7, 11) is 1.85. The molecule has 2 aromatic carbocycles. The van der Waals surface area contributed by atoms with Crippen LogP contribution in [0.1, 0.15) is 44.7 Å². The van der Waals surface area contributed by atoms with Gasteiger partial charge in [-0.25, -0.2) is 0 Å². The fraction of sp³-hybridized carbons (Fsp3) is 0.483. The molecule has 4 atom stereocenters. The highest BCUT2D eigenvalue weighted by atomic mass is 32.2. The quantitative estimate of drug-likeness (QED) is 0.433. The Morgan fingerprint density at radius 2 is 1.76 bits per heavy atom. The fourth-order valence-electron chi connectivity index (χ4n) is 5.18. The fourth-order valence-corrected chi connectivity index (χ4v) is 7.02. The van der Waals surface area contributed by atoms with E-state index < -0.39 is 12.1 Å². The van der Waals surface area contributed by atoms with Crippen LogP contribution in [0, 0.1) is 5.41 Å². The van der Waals surface area contributed by atoms with Gasteiger partial charge in [0.25, 0.3) is 0 Å². The summed E-state index contributed by atoms with van der Waals surface area (Å²) >= 11 is 7.28. The molecule has 0 aliphatic carbocycles. The van der Waals surface area contributed by atoms with Crippen molar-refractivity contribution in [1.29, 1.82) is 0 Å². The normalized spacial score (nSPS) is 23.6. The molecule has 0 spiro atoms. The van der Waals surface area contributed by atoms with Crippen molar-refractivity contribution in [3.63, 3.8) is 0 Å². The van der Waals surface area contributed by atoms with Gasteiger partial charge in [0.05, 0.1) is 16.4 Å². The molecule has 2 saturated heterocycles. The average molecular weight is 539 g/mol. The van der Waals surface area contributed by atoms with Crippen molar-refractivity contribution < 1.29 is 9.59 Å². The molecule has 2 amide bonds. The summed E-state index contributed by atoms with van der Waals surface area (Å²) in [6.45, 7) is 6.14. The number of thiocarbonyl (C=S) groups is 1. The van der Waals surface area contributed by atoms with Gasteiger partial charge in [0, 0.05) is 5.69 Å². The van der Waals surface area contributed by atoms with Crippen LogP contribution < -0.4 is 16.0 Å². The Morgan fingerprint density at radius 3 is 2.41 bits per heavy atom. The van der Waals surface area contributed by atoms with E-state index >= 15 is 0 Å². The Labute approximate surface area is 230 Å². The third-order valence-electron chi connectivity index (χ3n) is 7.46. The van der Waals surface area contributed by atoms with Crippen molar-refractivity contribution in [3.05, 3.63) is 65.7 Å². The van der Waals surface area contributed by atoms with Crippen molar-refractivity contribution in [2.75, 3.05) is 18.1 Å². The molecule has 2 aromatic rings. The Kier molecular flexibility index (Phi) is 8.93. The number of rotatable bonds is 8. The monoisotopic (exact) mass is 538 g/mol. The highest BCUT2D eigenvalue weighted by molar-refractivity contribution is 7.99. The van der Waals surface area contributed by atoms with E-state index in [1.165, 1.54) is 11.1 Å². The van der Waals surface area contributed by atoms with Crippen LogP contribution in [0.2, 0.25) is 0 Å². The summed E-state index contributed by atoms with van der Waals surface area (Å²) in [6.07, 6.45) is 3.39. The van der Waals surface area contributed by atoms with Crippen molar-refractivity contribution in [1.82, 2.24) is 15.5 Å². The summed E-state index contributed by atoms with van der Waals surface area (Å²) in [5.41, 5.74) is 2.95. The zero-order chi connectivity index (χ0) is 26.6. The van der Waals surface area contributed by atoms with Crippen molar-refractivity contribution in [2.45, 2.75) is 70.0 Å². The summed E-state index contributed by atoms with van der Waals surface area (Å²) in [5, 5.41) is 9.48. The highest BCUT2D eigenvalue weighted by Gasteiger charge is 2.54. The number of nitrogens with zero attached hydrogens (tertiary/aromatic N) is 1. The molecular weight excluding hydrogens is 500 g/mol. The number of likely N-dealkylation sites (N-methyl/N-ethyl adjacent to an activating group) is 1. The number of thioether (sulfide) groups is 1. The van der Waals surface area contributed by atoms with Crippen LogP contribution >= 0.6 is 24.0 Å². The smallest absolute Gasteiger partial charge is 0.247 e. The lowest BCUT2D eigenvalue weighted by atomic mass is 9.84. The zero-order valence-corrected chi connectivity index (χ0v) is 23.8. The number of anilines is 1. The van der Waals surface area contributed by atoms with Gasteiger partial charge in [-0.05, 0) is 74.1 Å². The number of carbonyl (C=O) groups is 2. The molecule has 2 heterocycles. The van der Waals surface area contributed by atoms with E-state index in [9.17, 15) is 9.59 Å². The van der Waals surface area contributed by atoms with Crippen LogP contribution in [0.15, 0.2) is 54.6 Å². The Bertz CT molecular complexity index is 1110. The molecule has 37 heavy (non-hydrogen) atoms. The van der Waals surface area contributed by atoms with E-state index in [1.807, 2.05) is 37.1 Å². The summed E-state index contributed by atoms with van der Waals surface area (Å²) in [6, 6.07) is 17.5. The van der Waals surface area contributed by atoms with Gasteiger partial charge in [-0.2, -0.15) is 0 Å². The number of carbonyl (C=O) groups excluding carboxylic acids is 2. The van der Waals surface area contributed by atoms with Crippen LogP contribution in [0.25, 0.3) is 0 Å². The number of amides is 2. The van der Waals surface area contributed by atoms with Gasteiger partial charge < -0.3 is 20.9 Å². The zero-order valence-electron chi connectivity index (χ0n) is 22.1. The average Bonchev–Trinajstić information content (AvgIpc) is 3.08. The van der Waals surface area contributed by atoms with Crippen LogP contribution in [0.5, 0.6) is 0 Å². The number of nitrogens with one attached hydrogen (secondary N) is 3. The number of benzene rings is 2. The van der Waals surface area contributed by atoms with Crippen LogP contribution in [-0.4, -0.2) is 58.0 Å². The van der Waals surface area contributed by atoms with Gasteiger partial charge in [-0.15, -0.1) is 11.8 Å². The maximum atomic E-state index is 13.8. The number of hydrogen-bond acceptors (Lipinski definition) is 5. The summed E-state index contributed by atoms with van der Waals surface area (Å²) < 4.78 is 0. The SMILES string of the molecule is CN[C@@H](C)C(=S)N[C@H]1CCSC2CC(C)(C)[C@@H](C(=O)Nc3ccc(CCc4ccccc4)cc3)N2C1=O. The predicted octanol–water partition coefficient (Wildman–Crippen LogP) is 4.39. The molecule has 2 fully saturated rings. The molecular formula is C29H38N4O2S2. The minimum atomic E-state index is -0.548. The molecule has 2 aliphatic rings. The lowest BCUT2D eigenvalue weighted by molar-refractivity contribution is -0.140. The van der Waals surface area contributed by atoms with E-state index in [4.69, 9.17) is 12.2 Å². The second-order valence-corrected chi connectivity index (χ2v) is 12.4. The van der Waals surface area contributed by atoms with E-state index in [0.29, 0.717) is 11.4 Å². The van der Waals surface area contributed by atoms with E-state index in [2.05, 4.69) is 66.2 Å². The summed E-state index contributed by atoms with van der Waals surface area (Å²) in [4.78, 5) is 29.9. The molecule has 1 unspecified atom stereocenters. The molecule has 6 nitrogen and oxygen atoms in total. The second-order valence-electron chi connectivity index (χ2n) is 10.7. The van der Waals surface area contributed by atoms with Gasteiger partial charge in [0.2, 0.25) is 11.8 Å². The third kappa shape index (κ3) is 6.54.